The number of benzene rings is 2. The minimum atomic E-state index is -0.426. The van der Waals surface area contributed by atoms with Crippen molar-refractivity contribution in [3.63, 3.8) is 0 Å². The van der Waals surface area contributed by atoms with Gasteiger partial charge >= 0.3 is 0 Å². The van der Waals surface area contributed by atoms with Crippen molar-refractivity contribution in [3.8, 4) is 17.0 Å². The summed E-state index contributed by atoms with van der Waals surface area (Å²) in [5.41, 5.74) is 3.39. The monoisotopic (exact) mass is 395 g/mol. The summed E-state index contributed by atoms with van der Waals surface area (Å²) in [7, 11) is 3.23. The van der Waals surface area contributed by atoms with Gasteiger partial charge in [-0.3, -0.25) is 9.89 Å². The van der Waals surface area contributed by atoms with Crippen molar-refractivity contribution in [2.75, 3.05) is 27.4 Å². The van der Waals surface area contributed by atoms with Gasteiger partial charge in [-0.05, 0) is 36.2 Å². The van der Waals surface area contributed by atoms with Gasteiger partial charge in [-0.2, -0.15) is 5.10 Å². The summed E-state index contributed by atoms with van der Waals surface area (Å²) < 4.78 is 24.5. The SMILES string of the molecule is COCCCN1C(=O)c2[nH]nc(-c3cccc(OC)c3)c2C1c1cccc(F)c1. The molecule has 1 N–H and O–H groups in total. The number of fused-ring (bicyclic) bond motifs is 1. The Hall–Kier alpha value is -3.19. The van der Waals surface area contributed by atoms with E-state index in [1.54, 1.807) is 25.2 Å². The highest BCUT2D eigenvalue weighted by molar-refractivity contribution is 6.00. The zero-order valence-corrected chi connectivity index (χ0v) is 16.3. The molecule has 0 aliphatic carbocycles. The summed E-state index contributed by atoms with van der Waals surface area (Å²) in [4.78, 5) is 14.9. The average Bonchev–Trinajstić information content (AvgIpc) is 3.28. The molecule has 0 spiro atoms. The zero-order valence-electron chi connectivity index (χ0n) is 16.3. The molecular weight excluding hydrogens is 373 g/mol. The molecule has 1 aliphatic heterocycles. The lowest BCUT2D eigenvalue weighted by atomic mass is 9.96. The number of carbonyl (C=O) groups is 1. The van der Waals surface area contributed by atoms with Gasteiger partial charge in [0.2, 0.25) is 0 Å². The van der Waals surface area contributed by atoms with Gasteiger partial charge in [0.15, 0.2) is 0 Å². The fourth-order valence-corrected chi connectivity index (χ4v) is 3.82. The molecule has 1 aromatic heterocycles. The summed E-state index contributed by atoms with van der Waals surface area (Å²) in [6.45, 7) is 1.03. The molecule has 1 unspecified atom stereocenters. The molecule has 6 nitrogen and oxygen atoms in total. The fourth-order valence-electron chi connectivity index (χ4n) is 3.82. The highest BCUT2D eigenvalue weighted by Crippen LogP contribution is 2.43. The predicted octanol–water partition coefficient (Wildman–Crippen LogP) is 3.81. The molecule has 3 aromatic rings. The molecule has 0 fully saturated rings. The Morgan fingerprint density at radius 3 is 2.76 bits per heavy atom. The first-order chi connectivity index (χ1) is 14.1. The standard InChI is InChI=1S/C22H22FN3O3/c1-28-11-5-10-26-21(15-7-3-8-16(23)12-15)18-19(24-25-20(18)22(26)27)14-6-4-9-17(13-14)29-2/h3-4,6-9,12-13,21H,5,10-11H2,1-2H3,(H,24,25). The van der Waals surface area contributed by atoms with Crippen LogP contribution in [0.1, 0.15) is 34.1 Å². The number of H-pyrrole nitrogens is 1. The summed E-state index contributed by atoms with van der Waals surface area (Å²) in [6, 6.07) is 13.4. The van der Waals surface area contributed by atoms with Gasteiger partial charge in [0, 0.05) is 31.4 Å². The number of halogens is 1. The molecule has 1 aliphatic rings. The van der Waals surface area contributed by atoms with Crippen LogP contribution in [0.3, 0.4) is 0 Å². The van der Waals surface area contributed by atoms with Crippen molar-refractivity contribution in [1.29, 1.82) is 0 Å². The number of nitrogens with one attached hydrogen (secondary N) is 1. The third kappa shape index (κ3) is 3.49. The lowest BCUT2D eigenvalue weighted by Gasteiger charge is -2.26. The fraction of sp³-hybridized carbons (Fsp3) is 0.273. The number of hydrogen-bond acceptors (Lipinski definition) is 4. The maximum absolute atomic E-state index is 14.0. The van der Waals surface area contributed by atoms with E-state index in [0.717, 1.165) is 11.1 Å². The minimum Gasteiger partial charge on any atom is -0.497 e. The lowest BCUT2D eigenvalue weighted by molar-refractivity contribution is 0.0723. The van der Waals surface area contributed by atoms with Crippen LogP contribution in [0, 0.1) is 5.82 Å². The number of hydrogen-bond donors (Lipinski definition) is 1. The van der Waals surface area contributed by atoms with Gasteiger partial charge in [0.05, 0.1) is 18.8 Å². The molecule has 150 valence electrons. The van der Waals surface area contributed by atoms with Gasteiger partial charge in [-0.15, -0.1) is 0 Å². The molecule has 4 rings (SSSR count). The highest BCUT2D eigenvalue weighted by atomic mass is 19.1. The summed E-state index contributed by atoms with van der Waals surface area (Å²) in [6.07, 6.45) is 0.681. The van der Waals surface area contributed by atoms with E-state index in [9.17, 15) is 9.18 Å². The van der Waals surface area contributed by atoms with E-state index in [1.807, 2.05) is 30.3 Å². The van der Waals surface area contributed by atoms with Gasteiger partial charge in [0.1, 0.15) is 17.3 Å². The molecule has 0 saturated carbocycles. The van der Waals surface area contributed by atoms with Crippen molar-refractivity contribution in [2.24, 2.45) is 0 Å². The first-order valence-corrected chi connectivity index (χ1v) is 9.42. The quantitative estimate of drug-likeness (QED) is 0.618. The van der Waals surface area contributed by atoms with Crippen LogP contribution in [0.25, 0.3) is 11.3 Å². The second-order valence-electron chi connectivity index (χ2n) is 6.90. The second-order valence-corrected chi connectivity index (χ2v) is 6.90. The summed E-state index contributed by atoms with van der Waals surface area (Å²) in [5, 5.41) is 7.32. The van der Waals surface area contributed by atoms with Crippen LogP contribution in [-0.4, -0.2) is 48.4 Å². The molecule has 29 heavy (non-hydrogen) atoms. The predicted molar refractivity (Wildman–Crippen MR) is 106 cm³/mol. The first kappa shape index (κ1) is 19.1. The first-order valence-electron chi connectivity index (χ1n) is 9.42. The molecule has 2 heterocycles. The Bertz CT molecular complexity index is 1030. The van der Waals surface area contributed by atoms with Crippen molar-refractivity contribution < 1.29 is 18.7 Å². The Morgan fingerprint density at radius 2 is 2.00 bits per heavy atom. The number of amides is 1. The maximum Gasteiger partial charge on any atom is 0.273 e. The van der Waals surface area contributed by atoms with Crippen LogP contribution in [0.5, 0.6) is 5.75 Å². The number of methoxy groups -OCH3 is 2. The molecule has 0 saturated heterocycles. The third-order valence-corrected chi connectivity index (χ3v) is 5.12. The molecule has 2 aromatic carbocycles. The molecule has 1 amide bonds. The summed E-state index contributed by atoms with van der Waals surface area (Å²) in [5.74, 6) is 0.210. The van der Waals surface area contributed by atoms with Crippen LogP contribution >= 0.6 is 0 Å². The number of aromatic nitrogens is 2. The van der Waals surface area contributed by atoms with Gasteiger partial charge in [0.25, 0.3) is 5.91 Å². The molecule has 1 atom stereocenters. The van der Waals surface area contributed by atoms with E-state index < -0.39 is 6.04 Å². The molecule has 0 bridgehead atoms. The Balaban J connectivity index is 1.82. The second kappa shape index (κ2) is 8.05. The van der Waals surface area contributed by atoms with Crippen molar-refractivity contribution in [2.45, 2.75) is 12.5 Å². The molecule has 7 heteroatoms. The van der Waals surface area contributed by atoms with Gasteiger partial charge in [-0.1, -0.05) is 24.3 Å². The minimum absolute atomic E-state index is 0.146. The van der Waals surface area contributed by atoms with Crippen LogP contribution in [0.4, 0.5) is 4.39 Å². The van der Waals surface area contributed by atoms with Gasteiger partial charge in [-0.25, -0.2) is 4.39 Å². The van der Waals surface area contributed by atoms with Gasteiger partial charge < -0.3 is 14.4 Å². The van der Waals surface area contributed by atoms with Crippen molar-refractivity contribution >= 4 is 5.91 Å². The molecule has 0 radical (unpaired) electrons. The number of nitrogens with zero attached hydrogens (tertiary/aromatic N) is 2. The van der Waals surface area contributed by atoms with E-state index in [0.29, 0.717) is 42.3 Å². The van der Waals surface area contributed by atoms with E-state index in [1.165, 1.54) is 12.1 Å². The highest BCUT2D eigenvalue weighted by Gasteiger charge is 2.42. The van der Waals surface area contributed by atoms with Crippen molar-refractivity contribution in [1.82, 2.24) is 15.1 Å². The topological polar surface area (TPSA) is 67.5 Å². The Morgan fingerprint density at radius 1 is 1.17 bits per heavy atom. The van der Waals surface area contributed by atoms with E-state index >= 15 is 0 Å². The van der Waals surface area contributed by atoms with E-state index in [4.69, 9.17) is 9.47 Å². The number of aromatic amines is 1. The number of ether oxygens (including phenoxy) is 2. The molecular formula is C22H22FN3O3. The third-order valence-electron chi connectivity index (χ3n) is 5.12. The maximum atomic E-state index is 14.0. The smallest absolute Gasteiger partial charge is 0.273 e. The van der Waals surface area contributed by atoms with Crippen LogP contribution in [0.15, 0.2) is 48.5 Å². The van der Waals surface area contributed by atoms with E-state index in [-0.39, 0.29) is 11.7 Å². The lowest BCUT2D eigenvalue weighted by Crippen LogP contribution is -2.31. The Kier molecular flexibility index (Phi) is 5.31. The number of carbonyl (C=O) groups excluding carboxylic acids is 1. The van der Waals surface area contributed by atoms with Crippen LogP contribution < -0.4 is 4.74 Å². The van der Waals surface area contributed by atoms with Crippen molar-refractivity contribution in [3.05, 3.63) is 71.2 Å². The largest absolute Gasteiger partial charge is 0.497 e. The average molecular weight is 395 g/mol. The zero-order chi connectivity index (χ0) is 20.4. The number of rotatable bonds is 7. The van der Waals surface area contributed by atoms with Crippen LogP contribution in [0.2, 0.25) is 0 Å². The van der Waals surface area contributed by atoms with Crippen LogP contribution in [-0.2, 0) is 4.74 Å². The Labute approximate surface area is 168 Å². The normalized spacial score (nSPS) is 15.6. The van der Waals surface area contributed by atoms with E-state index in [2.05, 4.69) is 10.2 Å². The summed E-state index contributed by atoms with van der Waals surface area (Å²) >= 11 is 0.